The summed E-state index contributed by atoms with van der Waals surface area (Å²) in [5, 5.41) is 0.241. The van der Waals surface area contributed by atoms with Crippen molar-refractivity contribution in [3.63, 3.8) is 0 Å². The highest BCUT2D eigenvalue weighted by Gasteiger charge is 2.16. The topological polar surface area (TPSA) is 59.2 Å². The van der Waals surface area contributed by atoms with Gasteiger partial charge in [-0.3, -0.25) is 4.79 Å². The quantitative estimate of drug-likeness (QED) is 0.884. The Balaban J connectivity index is 2.16. The van der Waals surface area contributed by atoms with Crippen LogP contribution in [0.1, 0.15) is 15.2 Å². The number of nitrogens with zero attached hydrogens (tertiary/aromatic N) is 2. The molecule has 0 saturated carbocycles. The predicted molar refractivity (Wildman–Crippen MR) is 78.8 cm³/mol. The standard InChI is InChI=1S/C12H11Cl2N3OS/c1-17(6-7-2-3-11(14)19-7)12(18)8-4-10(13)16-5-9(8)15/h2-5H,6,15H2,1H3. The molecule has 19 heavy (non-hydrogen) atoms. The van der Waals surface area contributed by atoms with Gasteiger partial charge in [-0.25, -0.2) is 4.98 Å². The first-order chi connectivity index (χ1) is 8.97. The summed E-state index contributed by atoms with van der Waals surface area (Å²) >= 11 is 13.1. The van der Waals surface area contributed by atoms with Gasteiger partial charge in [0.25, 0.3) is 5.91 Å². The number of anilines is 1. The molecule has 0 aliphatic carbocycles. The number of carbonyl (C=O) groups excluding carboxylic acids is 1. The van der Waals surface area contributed by atoms with Crippen LogP contribution in [0.4, 0.5) is 5.69 Å². The molecule has 7 heteroatoms. The van der Waals surface area contributed by atoms with Crippen LogP contribution in [0.2, 0.25) is 9.49 Å². The molecule has 0 fully saturated rings. The molecule has 0 unspecified atom stereocenters. The van der Waals surface area contributed by atoms with E-state index in [0.717, 1.165) is 4.88 Å². The van der Waals surface area contributed by atoms with Gasteiger partial charge in [-0.2, -0.15) is 0 Å². The number of hydrogen-bond donors (Lipinski definition) is 1. The number of carbonyl (C=O) groups is 1. The minimum atomic E-state index is -0.202. The Bertz CT molecular complexity index is 615. The molecule has 0 spiro atoms. The van der Waals surface area contributed by atoms with Gasteiger partial charge in [-0.05, 0) is 18.2 Å². The Labute approximate surface area is 124 Å². The van der Waals surface area contributed by atoms with Gasteiger partial charge in [0, 0.05) is 11.9 Å². The first kappa shape index (κ1) is 14.1. The number of pyridine rings is 1. The van der Waals surface area contributed by atoms with Crippen LogP contribution in [0, 0.1) is 0 Å². The van der Waals surface area contributed by atoms with Crippen LogP contribution in [0.3, 0.4) is 0 Å². The van der Waals surface area contributed by atoms with Gasteiger partial charge < -0.3 is 10.6 Å². The molecule has 2 N–H and O–H groups in total. The number of nitrogens with two attached hydrogens (primary N) is 1. The van der Waals surface area contributed by atoms with Crippen LogP contribution in [0.15, 0.2) is 24.4 Å². The van der Waals surface area contributed by atoms with Crippen molar-refractivity contribution < 1.29 is 4.79 Å². The minimum absolute atomic E-state index is 0.202. The lowest BCUT2D eigenvalue weighted by Gasteiger charge is -2.17. The summed E-state index contributed by atoms with van der Waals surface area (Å²) < 4.78 is 0.697. The highest BCUT2D eigenvalue weighted by atomic mass is 35.5. The first-order valence-corrected chi connectivity index (χ1v) is 6.95. The van der Waals surface area contributed by atoms with Crippen molar-refractivity contribution in [3.8, 4) is 0 Å². The second-order valence-electron chi connectivity index (χ2n) is 3.96. The van der Waals surface area contributed by atoms with Crippen LogP contribution in [0.5, 0.6) is 0 Å². The van der Waals surface area contributed by atoms with Crippen LogP contribution in [-0.4, -0.2) is 22.8 Å². The van der Waals surface area contributed by atoms with E-state index in [1.54, 1.807) is 18.0 Å². The maximum Gasteiger partial charge on any atom is 0.256 e. The van der Waals surface area contributed by atoms with Gasteiger partial charge >= 0.3 is 0 Å². The van der Waals surface area contributed by atoms with Crippen molar-refractivity contribution in [2.24, 2.45) is 0 Å². The van der Waals surface area contributed by atoms with E-state index in [1.165, 1.54) is 23.6 Å². The van der Waals surface area contributed by atoms with Gasteiger partial charge in [0.15, 0.2) is 0 Å². The van der Waals surface area contributed by atoms with Crippen molar-refractivity contribution in [1.29, 1.82) is 0 Å². The third kappa shape index (κ3) is 3.37. The average Bonchev–Trinajstić information content (AvgIpc) is 2.77. The lowest BCUT2D eigenvalue weighted by Crippen LogP contribution is -2.26. The van der Waals surface area contributed by atoms with Crippen molar-refractivity contribution in [2.45, 2.75) is 6.54 Å². The molecule has 2 rings (SSSR count). The molecule has 0 saturated heterocycles. The number of thiophene rings is 1. The fraction of sp³-hybridized carbons (Fsp3) is 0.167. The Kier molecular flexibility index (Phi) is 4.29. The van der Waals surface area contributed by atoms with E-state index in [9.17, 15) is 4.79 Å². The van der Waals surface area contributed by atoms with E-state index in [1.807, 2.05) is 6.07 Å². The molecule has 0 aliphatic heterocycles. The average molecular weight is 316 g/mol. The summed E-state index contributed by atoms with van der Waals surface area (Å²) in [7, 11) is 1.70. The summed E-state index contributed by atoms with van der Waals surface area (Å²) in [5.41, 5.74) is 6.40. The fourth-order valence-corrected chi connectivity index (χ4v) is 2.87. The predicted octanol–water partition coefficient (Wildman–Crippen LogP) is 3.30. The molecular formula is C12H11Cl2N3OS. The zero-order valence-corrected chi connectivity index (χ0v) is 12.4. The Morgan fingerprint density at radius 3 is 2.84 bits per heavy atom. The van der Waals surface area contributed by atoms with Crippen LogP contribution < -0.4 is 5.73 Å². The number of rotatable bonds is 3. The first-order valence-electron chi connectivity index (χ1n) is 5.38. The van der Waals surface area contributed by atoms with Crippen molar-refractivity contribution in [1.82, 2.24) is 9.88 Å². The lowest BCUT2D eigenvalue weighted by molar-refractivity contribution is 0.0787. The maximum absolute atomic E-state index is 12.3. The second-order valence-corrected chi connectivity index (χ2v) is 6.15. The zero-order valence-electron chi connectivity index (χ0n) is 10.1. The van der Waals surface area contributed by atoms with Crippen molar-refractivity contribution in [3.05, 3.63) is 44.3 Å². The summed E-state index contributed by atoms with van der Waals surface area (Å²) in [6.07, 6.45) is 1.38. The second kappa shape index (κ2) is 5.77. The lowest BCUT2D eigenvalue weighted by atomic mass is 10.2. The molecule has 2 aromatic rings. The maximum atomic E-state index is 12.3. The molecule has 0 aliphatic rings. The van der Waals surface area contributed by atoms with Crippen LogP contribution >= 0.6 is 34.5 Å². The highest BCUT2D eigenvalue weighted by molar-refractivity contribution is 7.16. The Morgan fingerprint density at radius 1 is 1.47 bits per heavy atom. The summed E-state index contributed by atoms with van der Waals surface area (Å²) in [4.78, 5) is 18.6. The van der Waals surface area contributed by atoms with Gasteiger partial charge in [0.05, 0.1) is 28.3 Å². The number of nitrogen functional groups attached to an aromatic ring is 1. The van der Waals surface area contributed by atoms with E-state index in [2.05, 4.69) is 4.98 Å². The molecular weight excluding hydrogens is 305 g/mol. The molecule has 0 atom stereocenters. The normalized spacial score (nSPS) is 10.5. The van der Waals surface area contributed by atoms with E-state index in [4.69, 9.17) is 28.9 Å². The SMILES string of the molecule is CN(Cc1ccc(Cl)s1)C(=O)c1cc(Cl)ncc1N. The van der Waals surface area contributed by atoms with E-state index in [0.29, 0.717) is 22.1 Å². The van der Waals surface area contributed by atoms with Gasteiger partial charge in [-0.1, -0.05) is 23.2 Å². The van der Waals surface area contributed by atoms with Crippen molar-refractivity contribution >= 4 is 46.1 Å². The molecule has 2 aromatic heterocycles. The smallest absolute Gasteiger partial charge is 0.256 e. The van der Waals surface area contributed by atoms with Gasteiger partial charge in [0.1, 0.15) is 5.15 Å². The fourth-order valence-electron chi connectivity index (χ4n) is 1.57. The number of amides is 1. The minimum Gasteiger partial charge on any atom is -0.397 e. The summed E-state index contributed by atoms with van der Waals surface area (Å²) in [6.45, 7) is 0.468. The monoisotopic (exact) mass is 315 g/mol. The summed E-state index contributed by atoms with van der Waals surface area (Å²) in [6, 6.07) is 5.16. The third-order valence-electron chi connectivity index (χ3n) is 2.50. The molecule has 2 heterocycles. The van der Waals surface area contributed by atoms with E-state index < -0.39 is 0 Å². The number of halogens is 2. The Morgan fingerprint density at radius 2 is 2.21 bits per heavy atom. The zero-order chi connectivity index (χ0) is 14.0. The number of aromatic nitrogens is 1. The van der Waals surface area contributed by atoms with Crippen molar-refractivity contribution in [2.75, 3.05) is 12.8 Å². The molecule has 1 amide bonds. The Hall–Kier alpha value is -1.30. The largest absolute Gasteiger partial charge is 0.397 e. The van der Waals surface area contributed by atoms with Gasteiger partial charge in [0.2, 0.25) is 0 Å². The molecule has 4 nitrogen and oxygen atoms in total. The molecule has 0 aromatic carbocycles. The molecule has 0 bridgehead atoms. The van der Waals surface area contributed by atoms with Crippen LogP contribution in [-0.2, 0) is 6.54 Å². The molecule has 0 radical (unpaired) electrons. The van der Waals surface area contributed by atoms with E-state index in [-0.39, 0.29) is 11.1 Å². The van der Waals surface area contributed by atoms with Crippen LogP contribution in [0.25, 0.3) is 0 Å². The van der Waals surface area contributed by atoms with E-state index >= 15 is 0 Å². The third-order valence-corrected chi connectivity index (χ3v) is 3.92. The summed E-state index contributed by atoms with van der Waals surface area (Å²) in [5.74, 6) is -0.202. The molecule has 100 valence electrons. The van der Waals surface area contributed by atoms with Gasteiger partial charge in [-0.15, -0.1) is 11.3 Å². The number of hydrogen-bond acceptors (Lipinski definition) is 4. The highest BCUT2D eigenvalue weighted by Crippen LogP contribution is 2.23.